The van der Waals surface area contributed by atoms with E-state index in [1.54, 1.807) is 11.8 Å². The summed E-state index contributed by atoms with van der Waals surface area (Å²) in [6.07, 6.45) is 0. The first kappa shape index (κ1) is 26.5. The number of nitrogens with one attached hydrogen (secondary N) is 2. The van der Waals surface area contributed by atoms with Crippen molar-refractivity contribution in [2.45, 2.75) is 44.8 Å². The summed E-state index contributed by atoms with van der Waals surface area (Å²) < 4.78 is 5.80. The van der Waals surface area contributed by atoms with E-state index in [1.165, 1.54) is 11.1 Å². The van der Waals surface area contributed by atoms with Crippen LogP contribution in [0.1, 0.15) is 50.7 Å². The van der Waals surface area contributed by atoms with Crippen LogP contribution in [0.3, 0.4) is 0 Å². The molecule has 1 aromatic heterocycles. The lowest BCUT2D eigenvalue weighted by Crippen LogP contribution is -2.49. The summed E-state index contributed by atoms with van der Waals surface area (Å²) in [5.41, 5.74) is 5.09. The normalized spacial score (nSPS) is 15.2. The van der Waals surface area contributed by atoms with Crippen molar-refractivity contribution in [1.82, 2.24) is 20.1 Å². The third-order valence-corrected chi connectivity index (χ3v) is 7.51. The number of carbonyl (C=O) groups excluding carboxylic acids is 1. The van der Waals surface area contributed by atoms with Gasteiger partial charge in [-0.15, -0.1) is 0 Å². The van der Waals surface area contributed by atoms with E-state index in [9.17, 15) is 4.79 Å². The van der Waals surface area contributed by atoms with E-state index in [1.807, 2.05) is 24.3 Å². The SMILES string of the molecule is CC(C)c1cccc(C(C)C)c1NC(=O)NCCN1CCN(CCSc2nc3ccccc3o2)CC1. The molecule has 194 valence electrons. The fraction of sp³-hybridized carbons (Fsp3) is 0.500. The van der Waals surface area contributed by atoms with Gasteiger partial charge >= 0.3 is 6.03 Å². The van der Waals surface area contributed by atoms with E-state index in [2.05, 4.69) is 71.3 Å². The molecule has 0 bridgehead atoms. The standard InChI is InChI=1S/C28H39N5O2S/c1-20(2)22-8-7-9-23(21(3)4)26(22)31-27(34)29-12-13-32-14-16-33(17-15-32)18-19-36-28-30-24-10-5-6-11-25(24)35-28/h5-11,20-21H,12-19H2,1-4H3,(H2,29,31,34). The van der Waals surface area contributed by atoms with Crippen molar-refractivity contribution in [2.24, 2.45) is 0 Å². The molecule has 2 amide bonds. The van der Waals surface area contributed by atoms with Crippen molar-refractivity contribution in [3.63, 3.8) is 0 Å². The molecule has 3 aromatic rings. The van der Waals surface area contributed by atoms with Crippen molar-refractivity contribution < 1.29 is 9.21 Å². The maximum Gasteiger partial charge on any atom is 0.319 e. The third-order valence-electron chi connectivity index (χ3n) is 6.70. The van der Waals surface area contributed by atoms with Crippen LogP contribution in [0, 0.1) is 0 Å². The average molecular weight is 510 g/mol. The Labute approximate surface area is 219 Å². The molecule has 8 heteroatoms. The number of amides is 2. The molecule has 4 rings (SSSR count). The summed E-state index contributed by atoms with van der Waals surface area (Å²) in [5.74, 6) is 1.66. The van der Waals surface area contributed by atoms with Gasteiger partial charge in [0, 0.05) is 57.3 Å². The molecule has 0 atom stereocenters. The fourth-order valence-corrected chi connectivity index (χ4v) is 5.43. The van der Waals surface area contributed by atoms with Crippen LogP contribution in [0.4, 0.5) is 10.5 Å². The van der Waals surface area contributed by atoms with E-state index in [0.29, 0.717) is 18.4 Å². The Morgan fingerprint density at radius 2 is 1.58 bits per heavy atom. The van der Waals surface area contributed by atoms with Gasteiger partial charge in [-0.3, -0.25) is 9.80 Å². The van der Waals surface area contributed by atoms with Gasteiger partial charge in [0.05, 0.1) is 0 Å². The summed E-state index contributed by atoms with van der Waals surface area (Å²) in [4.78, 5) is 22.1. The number of benzene rings is 2. The Hall–Kier alpha value is -2.55. The number of piperazine rings is 1. The number of para-hydroxylation sites is 3. The van der Waals surface area contributed by atoms with Crippen molar-refractivity contribution in [3.8, 4) is 0 Å². The Bertz CT molecular complexity index is 1080. The molecule has 0 saturated carbocycles. The second-order valence-electron chi connectivity index (χ2n) is 9.98. The molecule has 0 spiro atoms. The number of aromatic nitrogens is 1. The number of nitrogens with zero attached hydrogens (tertiary/aromatic N) is 3. The third kappa shape index (κ3) is 7.02. The van der Waals surface area contributed by atoms with Crippen LogP contribution in [0.2, 0.25) is 0 Å². The highest BCUT2D eigenvalue weighted by molar-refractivity contribution is 7.99. The average Bonchev–Trinajstić information content (AvgIpc) is 3.27. The second-order valence-corrected chi connectivity index (χ2v) is 11.0. The summed E-state index contributed by atoms with van der Waals surface area (Å²) >= 11 is 1.68. The summed E-state index contributed by atoms with van der Waals surface area (Å²) in [6.45, 7) is 15.3. The van der Waals surface area contributed by atoms with Crippen LogP contribution in [-0.2, 0) is 0 Å². The molecule has 1 aliphatic heterocycles. The summed E-state index contributed by atoms with van der Waals surface area (Å²) in [5, 5.41) is 6.95. The summed E-state index contributed by atoms with van der Waals surface area (Å²) in [6, 6.07) is 14.1. The summed E-state index contributed by atoms with van der Waals surface area (Å²) in [7, 11) is 0. The van der Waals surface area contributed by atoms with Gasteiger partial charge in [0.15, 0.2) is 5.58 Å². The van der Waals surface area contributed by atoms with Crippen LogP contribution in [0.25, 0.3) is 11.1 Å². The molecule has 2 aromatic carbocycles. The van der Waals surface area contributed by atoms with Crippen molar-refractivity contribution >= 4 is 34.6 Å². The molecule has 2 N–H and O–H groups in total. The van der Waals surface area contributed by atoms with Crippen LogP contribution in [0.15, 0.2) is 52.1 Å². The topological polar surface area (TPSA) is 73.6 Å². The molecule has 1 aliphatic rings. The lowest BCUT2D eigenvalue weighted by molar-refractivity contribution is 0.139. The number of hydrogen-bond donors (Lipinski definition) is 2. The first-order valence-electron chi connectivity index (χ1n) is 13.0. The van der Waals surface area contributed by atoms with Gasteiger partial charge in [-0.25, -0.2) is 9.78 Å². The number of oxazole rings is 1. The maximum absolute atomic E-state index is 12.7. The highest BCUT2D eigenvalue weighted by Crippen LogP contribution is 2.32. The minimum atomic E-state index is -0.125. The highest BCUT2D eigenvalue weighted by Gasteiger charge is 2.18. The lowest BCUT2D eigenvalue weighted by atomic mass is 9.93. The van der Waals surface area contributed by atoms with E-state index >= 15 is 0 Å². The number of urea groups is 1. The number of carbonyl (C=O) groups is 1. The minimum Gasteiger partial charge on any atom is -0.431 e. The van der Waals surface area contributed by atoms with E-state index < -0.39 is 0 Å². The van der Waals surface area contributed by atoms with E-state index in [-0.39, 0.29) is 6.03 Å². The molecule has 0 radical (unpaired) electrons. The lowest BCUT2D eigenvalue weighted by Gasteiger charge is -2.34. The monoisotopic (exact) mass is 509 g/mol. The molecular formula is C28H39N5O2S. The molecule has 1 fully saturated rings. The number of rotatable bonds is 10. The van der Waals surface area contributed by atoms with Crippen molar-refractivity contribution in [1.29, 1.82) is 0 Å². The van der Waals surface area contributed by atoms with Gasteiger partial charge < -0.3 is 15.1 Å². The van der Waals surface area contributed by atoms with Crippen LogP contribution in [-0.4, -0.2) is 72.4 Å². The zero-order valence-electron chi connectivity index (χ0n) is 21.9. The Morgan fingerprint density at radius 1 is 0.944 bits per heavy atom. The molecule has 0 aliphatic carbocycles. The van der Waals surface area contributed by atoms with Gasteiger partial charge in [-0.1, -0.05) is 69.8 Å². The van der Waals surface area contributed by atoms with E-state index in [4.69, 9.17) is 4.42 Å². The Morgan fingerprint density at radius 3 is 2.22 bits per heavy atom. The molecule has 7 nitrogen and oxygen atoms in total. The fourth-order valence-electron chi connectivity index (χ4n) is 4.59. The molecule has 36 heavy (non-hydrogen) atoms. The number of thioether (sulfide) groups is 1. The number of hydrogen-bond acceptors (Lipinski definition) is 6. The quantitative estimate of drug-likeness (QED) is 0.346. The zero-order valence-corrected chi connectivity index (χ0v) is 22.7. The van der Waals surface area contributed by atoms with Crippen LogP contribution in [0.5, 0.6) is 0 Å². The highest BCUT2D eigenvalue weighted by atomic mass is 32.2. The molecular weight excluding hydrogens is 470 g/mol. The molecule has 0 unspecified atom stereocenters. The first-order valence-corrected chi connectivity index (χ1v) is 14.0. The van der Waals surface area contributed by atoms with Gasteiger partial charge in [-0.2, -0.15) is 0 Å². The van der Waals surface area contributed by atoms with Gasteiger partial charge in [-0.05, 0) is 35.1 Å². The maximum atomic E-state index is 12.7. The van der Waals surface area contributed by atoms with Crippen molar-refractivity contribution in [3.05, 3.63) is 53.6 Å². The van der Waals surface area contributed by atoms with Crippen molar-refractivity contribution in [2.75, 3.05) is 56.9 Å². The predicted octanol–water partition coefficient (Wildman–Crippen LogP) is 5.61. The minimum absolute atomic E-state index is 0.125. The molecule has 2 heterocycles. The predicted molar refractivity (Wildman–Crippen MR) is 149 cm³/mol. The van der Waals surface area contributed by atoms with E-state index in [0.717, 1.165) is 67.0 Å². The zero-order chi connectivity index (χ0) is 25.5. The number of anilines is 1. The Kier molecular flexibility index (Phi) is 9.29. The largest absolute Gasteiger partial charge is 0.431 e. The molecule has 1 saturated heterocycles. The Balaban J connectivity index is 1.15. The smallest absolute Gasteiger partial charge is 0.319 e. The van der Waals surface area contributed by atoms with Gasteiger partial charge in [0.25, 0.3) is 5.22 Å². The van der Waals surface area contributed by atoms with Crippen LogP contribution >= 0.6 is 11.8 Å². The second kappa shape index (κ2) is 12.6. The van der Waals surface area contributed by atoms with Gasteiger partial charge in [0.2, 0.25) is 0 Å². The first-order chi connectivity index (χ1) is 17.4. The van der Waals surface area contributed by atoms with Gasteiger partial charge in [0.1, 0.15) is 5.52 Å². The van der Waals surface area contributed by atoms with Crippen LogP contribution < -0.4 is 10.6 Å². The number of fused-ring (bicyclic) bond motifs is 1.